The van der Waals surface area contributed by atoms with Crippen LogP contribution in [0.2, 0.25) is 0 Å². The number of hydrogen-bond donors (Lipinski definition) is 0. The first-order chi connectivity index (χ1) is 9.44. The fourth-order valence-corrected chi connectivity index (χ4v) is 2.49. The van der Waals surface area contributed by atoms with Crippen LogP contribution in [0.1, 0.15) is 25.3 Å². The Bertz CT molecular complexity index is 646. The Morgan fingerprint density at radius 1 is 1.25 bits per heavy atom. The van der Waals surface area contributed by atoms with E-state index in [-0.39, 0.29) is 22.8 Å². The van der Waals surface area contributed by atoms with E-state index in [2.05, 4.69) is 12.6 Å². The van der Waals surface area contributed by atoms with Crippen LogP contribution >= 0.6 is 0 Å². The van der Waals surface area contributed by atoms with Crippen molar-refractivity contribution >= 4 is 10.8 Å². The molecule has 3 heteroatoms. The number of allylic oxidation sites excluding steroid dienone is 1. The Labute approximate surface area is 119 Å². The summed E-state index contributed by atoms with van der Waals surface area (Å²) in [5.41, 5.74) is 0.667. The molecule has 0 aliphatic carbocycles. The molecular weight excluding hydrogens is 250 g/mol. The van der Waals surface area contributed by atoms with E-state index >= 15 is 0 Å². The number of benzene rings is 2. The average Bonchev–Trinajstić information content (AvgIpc) is 2.44. The minimum absolute atomic E-state index is 0.0860. The molecule has 0 saturated carbocycles. The lowest BCUT2D eigenvalue weighted by molar-refractivity contribution is -0.485. The largest absolute Gasteiger partial charge is 0.265 e. The van der Waals surface area contributed by atoms with Gasteiger partial charge in [0.1, 0.15) is 0 Å². The zero-order chi connectivity index (χ0) is 14.8. The van der Waals surface area contributed by atoms with Crippen molar-refractivity contribution in [2.45, 2.75) is 19.8 Å². The second kappa shape index (κ2) is 5.45. The maximum atomic E-state index is 11.0. The summed E-state index contributed by atoms with van der Waals surface area (Å²) in [6.07, 6.45) is 1.80. The van der Waals surface area contributed by atoms with Gasteiger partial charge in [-0.3, -0.25) is 10.1 Å². The van der Waals surface area contributed by atoms with Gasteiger partial charge in [0, 0.05) is 4.92 Å². The molecule has 0 aliphatic rings. The summed E-state index contributed by atoms with van der Waals surface area (Å²) in [5, 5.41) is 13.2. The highest BCUT2D eigenvalue weighted by Crippen LogP contribution is 2.37. The van der Waals surface area contributed by atoms with E-state index in [1.165, 1.54) is 0 Å². The molecule has 0 spiro atoms. The molecule has 2 aromatic rings. The van der Waals surface area contributed by atoms with E-state index in [0.29, 0.717) is 0 Å². The van der Waals surface area contributed by atoms with E-state index in [1.54, 1.807) is 6.08 Å². The van der Waals surface area contributed by atoms with Gasteiger partial charge in [-0.05, 0) is 21.8 Å². The summed E-state index contributed by atoms with van der Waals surface area (Å²) in [4.78, 5) is 10.7. The smallest absolute Gasteiger partial charge is 0.211 e. The second-order valence-electron chi connectivity index (χ2n) is 5.70. The standard InChI is InChI=1S/C17H19NO2/c1-4-17(2,3)16(12-18(19)20)15-10-9-13-7-5-6-8-14(13)11-15/h4-11,16H,1,12H2,2-3H3/t16-/m0/s1. The van der Waals surface area contributed by atoms with Crippen molar-refractivity contribution in [1.82, 2.24) is 0 Å². The minimum Gasteiger partial charge on any atom is -0.265 e. The first-order valence-corrected chi connectivity index (χ1v) is 6.68. The van der Waals surface area contributed by atoms with Crippen LogP contribution in [0, 0.1) is 15.5 Å². The molecule has 0 amide bonds. The lowest BCUT2D eigenvalue weighted by Gasteiger charge is -2.29. The number of rotatable bonds is 5. The van der Waals surface area contributed by atoms with Crippen LogP contribution in [0.25, 0.3) is 10.8 Å². The summed E-state index contributed by atoms with van der Waals surface area (Å²) in [6, 6.07) is 14.1. The second-order valence-corrected chi connectivity index (χ2v) is 5.70. The lowest BCUT2D eigenvalue weighted by atomic mass is 9.74. The van der Waals surface area contributed by atoms with Gasteiger partial charge >= 0.3 is 0 Å². The van der Waals surface area contributed by atoms with Gasteiger partial charge in [0.05, 0.1) is 5.92 Å². The number of nitro groups is 1. The fourth-order valence-electron chi connectivity index (χ4n) is 2.49. The maximum absolute atomic E-state index is 11.0. The highest BCUT2D eigenvalue weighted by atomic mass is 16.6. The Hall–Kier alpha value is -2.16. The van der Waals surface area contributed by atoms with Crippen molar-refractivity contribution < 1.29 is 4.92 Å². The van der Waals surface area contributed by atoms with Crippen LogP contribution in [-0.2, 0) is 0 Å². The topological polar surface area (TPSA) is 43.1 Å². The summed E-state index contributed by atoms with van der Waals surface area (Å²) in [5.74, 6) is -0.181. The van der Waals surface area contributed by atoms with Crippen LogP contribution in [0.3, 0.4) is 0 Å². The fraction of sp³-hybridized carbons (Fsp3) is 0.294. The monoisotopic (exact) mass is 269 g/mol. The summed E-state index contributed by atoms with van der Waals surface area (Å²) >= 11 is 0. The molecule has 1 atom stereocenters. The van der Waals surface area contributed by atoms with Gasteiger partial charge in [0.25, 0.3) is 0 Å². The van der Waals surface area contributed by atoms with Crippen molar-refractivity contribution in [3.63, 3.8) is 0 Å². The molecule has 0 aromatic heterocycles. The van der Waals surface area contributed by atoms with Crippen LogP contribution < -0.4 is 0 Å². The zero-order valence-corrected chi connectivity index (χ0v) is 11.9. The number of fused-ring (bicyclic) bond motifs is 1. The third kappa shape index (κ3) is 2.87. The Morgan fingerprint density at radius 2 is 1.90 bits per heavy atom. The maximum Gasteiger partial charge on any atom is 0.211 e. The molecule has 0 bridgehead atoms. The van der Waals surface area contributed by atoms with Gasteiger partial charge in [0.2, 0.25) is 6.54 Å². The van der Waals surface area contributed by atoms with Gasteiger partial charge in [-0.1, -0.05) is 62.4 Å². The van der Waals surface area contributed by atoms with Crippen molar-refractivity contribution in [3.05, 3.63) is 70.8 Å². The molecular formula is C17H19NO2. The molecule has 104 valence electrons. The highest BCUT2D eigenvalue weighted by Gasteiger charge is 2.32. The van der Waals surface area contributed by atoms with Gasteiger partial charge in [-0.15, -0.1) is 6.58 Å². The molecule has 0 saturated heterocycles. The van der Waals surface area contributed by atoms with Crippen molar-refractivity contribution in [2.75, 3.05) is 6.54 Å². The van der Waals surface area contributed by atoms with Crippen LogP contribution in [0.15, 0.2) is 55.1 Å². The average molecular weight is 269 g/mol. The highest BCUT2D eigenvalue weighted by molar-refractivity contribution is 5.83. The van der Waals surface area contributed by atoms with Crippen molar-refractivity contribution in [3.8, 4) is 0 Å². The van der Waals surface area contributed by atoms with E-state index in [9.17, 15) is 10.1 Å². The van der Waals surface area contributed by atoms with Crippen LogP contribution in [0.5, 0.6) is 0 Å². The van der Waals surface area contributed by atoms with Gasteiger partial charge in [-0.2, -0.15) is 0 Å². The van der Waals surface area contributed by atoms with E-state index in [0.717, 1.165) is 16.3 Å². The Kier molecular flexibility index (Phi) is 3.89. The van der Waals surface area contributed by atoms with Crippen molar-refractivity contribution in [2.24, 2.45) is 5.41 Å². The molecule has 3 nitrogen and oxygen atoms in total. The predicted molar refractivity (Wildman–Crippen MR) is 82.5 cm³/mol. The Morgan fingerprint density at radius 3 is 2.50 bits per heavy atom. The Balaban J connectivity index is 2.50. The molecule has 0 aliphatic heterocycles. The molecule has 0 N–H and O–H groups in total. The van der Waals surface area contributed by atoms with E-state index in [4.69, 9.17) is 0 Å². The summed E-state index contributed by atoms with van der Waals surface area (Å²) < 4.78 is 0. The summed E-state index contributed by atoms with van der Waals surface area (Å²) in [7, 11) is 0. The first kappa shape index (κ1) is 14.3. The van der Waals surface area contributed by atoms with E-state index < -0.39 is 0 Å². The van der Waals surface area contributed by atoms with Crippen molar-refractivity contribution in [1.29, 1.82) is 0 Å². The van der Waals surface area contributed by atoms with Crippen LogP contribution in [0.4, 0.5) is 0 Å². The third-order valence-corrected chi connectivity index (χ3v) is 3.93. The van der Waals surface area contributed by atoms with Gasteiger partial charge < -0.3 is 0 Å². The quantitative estimate of drug-likeness (QED) is 0.458. The van der Waals surface area contributed by atoms with Crippen LogP contribution in [-0.4, -0.2) is 11.5 Å². The zero-order valence-electron chi connectivity index (χ0n) is 11.9. The molecule has 2 aromatic carbocycles. The number of nitrogens with zero attached hydrogens (tertiary/aromatic N) is 1. The SMILES string of the molecule is C=CC(C)(C)[C@@H](C[N+](=O)[O-])c1ccc2ccccc2c1. The molecule has 0 unspecified atom stereocenters. The first-order valence-electron chi connectivity index (χ1n) is 6.68. The van der Waals surface area contributed by atoms with Gasteiger partial charge in [-0.25, -0.2) is 0 Å². The normalized spacial score (nSPS) is 13.1. The molecule has 0 radical (unpaired) electrons. The molecule has 0 fully saturated rings. The molecule has 20 heavy (non-hydrogen) atoms. The molecule has 2 rings (SSSR count). The minimum atomic E-state index is -0.324. The molecule has 0 heterocycles. The van der Waals surface area contributed by atoms with Gasteiger partial charge in [0.15, 0.2) is 0 Å². The van der Waals surface area contributed by atoms with E-state index in [1.807, 2.05) is 50.2 Å². The lowest BCUT2D eigenvalue weighted by Crippen LogP contribution is -2.26. The predicted octanol–water partition coefficient (Wildman–Crippen LogP) is 4.41. The third-order valence-electron chi connectivity index (χ3n) is 3.93. The summed E-state index contributed by atoms with van der Waals surface area (Å²) in [6.45, 7) is 7.72. The number of hydrogen-bond acceptors (Lipinski definition) is 2.